The minimum absolute atomic E-state index is 0.0417. The van der Waals surface area contributed by atoms with E-state index in [4.69, 9.17) is 0 Å². The molecule has 0 saturated heterocycles. The van der Waals surface area contributed by atoms with Crippen molar-refractivity contribution in [3.63, 3.8) is 0 Å². The molecular formula is C22H23FN4O3S. The summed E-state index contributed by atoms with van der Waals surface area (Å²) in [7, 11) is 0. The minimum Gasteiger partial charge on any atom is -0.338 e. The van der Waals surface area contributed by atoms with E-state index in [1.807, 2.05) is 13.8 Å². The fourth-order valence-electron chi connectivity index (χ4n) is 2.87. The first-order valence-electron chi connectivity index (χ1n) is 9.84. The smallest absolute Gasteiger partial charge is 0.321 e. The van der Waals surface area contributed by atoms with Crippen LogP contribution in [-0.4, -0.2) is 33.8 Å². The van der Waals surface area contributed by atoms with E-state index in [0.717, 1.165) is 22.7 Å². The highest BCUT2D eigenvalue weighted by molar-refractivity contribution is 7.99. The number of imide groups is 1. The van der Waals surface area contributed by atoms with Crippen LogP contribution in [0.4, 0.5) is 9.18 Å². The Hall–Kier alpha value is -3.20. The van der Waals surface area contributed by atoms with Crippen LogP contribution in [0.2, 0.25) is 0 Å². The number of nitrogens with one attached hydrogen (secondary N) is 2. The Balaban J connectivity index is 1.82. The number of para-hydroxylation sites is 2. The van der Waals surface area contributed by atoms with Gasteiger partial charge in [-0.1, -0.05) is 49.9 Å². The number of amides is 3. The van der Waals surface area contributed by atoms with Crippen molar-refractivity contribution in [3.8, 4) is 5.69 Å². The highest BCUT2D eigenvalue weighted by atomic mass is 32.2. The van der Waals surface area contributed by atoms with Gasteiger partial charge in [-0.05, 0) is 36.6 Å². The molecule has 7 nitrogen and oxygen atoms in total. The van der Waals surface area contributed by atoms with E-state index in [2.05, 4.69) is 15.6 Å². The van der Waals surface area contributed by atoms with Crippen molar-refractivity contribution in [2.24, 2.45) is 5.92 Å². The van der Waals surface area contributed by atoms with Crippen molar-refractivity contribution >= 4 is 34.6 Å². The summed E-state index contributed by atoms with van der Waals surface area (Å²) < 4.78 is 15.6. The van der Waals surface area contributed by atoms with Gasteiger partial charge in [0.1, 0.15) is 5.82 Å². The van der Waals surface area contributed by atoms with Crippen LogP contribution in [0.25, 0.3) is 16.6 Å². The van der Waals surface area contributed by atoms with E-state index in [1.54, 1.807) is 30.3 Å². The van der Waals surface area contributed by atoms with Gasteiger partial charge in [0.2, 0.25) is 5.91 Å². The van der Waals surface area contributed by atoms with Crippen LogP contribution in [0, 0.1) is 11.7 Å². The summed E-state index contributed by atoms with van der Waals surface area (Å²) in [5, 5.41) is 5.36. The monoisotopic (exact) mass is 442 g/mol. The van der Waals surface area contributed by atoms with Gasteiger partial charge < -0.3 is 5.32 Å². The fourth-order valence-corrected chi connectivity index (χ4v) is 3.67. The molecule has 2 N–H and O–H groups in total. The molecule has 0 radical (unpaired) electrons. The molecule has 9 heteroatoms. The number of thioether (sulfide) groups is 1. The number of benzene rings is 2. The predicted octanol–water partition coefficient (Wildman–Crippen LogP) is 3.49. The molecule has 1 aromatic heterocycles. The quantitative estimate of drug-likeness (QED) is 0.432. The molecule has 31 heavy (non-hydrogen) atoms. The van der Waals surface area contributed by atoms with Gasteiger partial charge in [0.25, 0.3) is 5.56 Å². The zero-order chi connectivity index (χ0) is 22.4. The van der Waals surface area contributed by atoms with Gasteiger partial charge in [-0.2, -0.15) is 0 Å². The molecule has 162 valence electrons. The number of urea groups is 1. The number of carbonyl (C=O) groups excluding carboxylic acids is 2. The molecule has 0 bridgehead atoms. The van der Waals surface area contributed by atoms with Crippen molar-refractivity contribution < 1.29 is 14.0 Å². The number of halogens is 1. The second kappa shape index (κ2) is 10.2. The third-order valence-electron chi connectivity index (χ3n) is 4.43. The highest BCUT2D eigenvalue weighted by Gasteiger charge is 2.17. The van der Waals surface area contributed by atoms with E-state index < -0.39 is 23.3 Å². The van der Waals surface area contributed by atoms with E-state index in [9.17, 15) is 18.8 Å². The number of hydrogen-bond donors (Lipinski definition) is 2. The van der Waals surface area contributed by atoms with Gasteiger partial charge in [-0.15, -0.1) is 0 Å². The second-order valence-electron chi connectivity index (χ2n) is 7.28. The summed E-state index contributed by atoms with van der Waals surface area (Å²) in [5.74, 6) is -0.871. The van der Waals surface area contributed by atoms with Gasteiger partial charge in [0, 0.05) is 6.54 Å². The van der Waals surface area contributed by atoms with Crippen LogP contribution >= 0.6 is 11.8 Å². The highest BCUT2D eigenvalue weighted by Crippen LogP contribution is 2.22. The fraction of sp³-hybridized carbons (Fsp3) is 0.273. The third-order valence-corrected chi connectivity index (χ3v) is 5.37. The molecule has 0 aliphatic heterocycles. The minimum atomic E-state index is -0.586. The van der Waals surface area contributed by atoms with Crippen molar-refractivity contribution in [3.05, 3.63) is 64.7 Å². The first kappa shape index (κ1) is 22.5. The maximum Gasteiger partial charge on any atom is 0.321 e. The standard InChI is InChI=1S/C22H23FN4O3S/c1-14(2)11-12-24-21(30)26-19(28)13-31-22-25-17-9-5-3-7-15(17)20(29)27(22)18-10-6-4-8-16(18)23/h3-10,14H,11-13H2,1-2H3,(H2,24,26,28,30). The summed E-state index contributed by atoms with van der Waals surface area (Å²) in [4.78, 5) is 41.6. The second-order valence-corrected chi connectivity index (χ2v) is 8.22. The lowest BCUT2D eigenvalue weighted by atomic mass is 10.1. The lowest BCUT2D eigenvalue weighted by Gasteiger charge is -2.14. The van der Waals surface area contributed by atoms with Crippen molar-refractivity contribution in [1.29, 1.82) is 0 Å². The Morgan fingerprint density at radius 3 is 2.58 bits per heavy atom. The number of carbonyl (C=O) groups is 2. The topological polar surface area (TPSA) is 93.1 Å². The molecule has 0 spiro atoms. The number of hydrogen-bond acceptors (Lipinski definition) is 5. The van der Waals surface area contributed by atoms with Gasteiger partial charge in [-0.25, -0.2) is 14.2 Å². The maximum atomic E-state index is 14.5. The predicted molar refractivity (Wildman–Crippen MR) is 119 cm³/mol. The Labute approximate surface area is 183 Å². The first-order valence-corrected chi connectivity index (χ1v) is 10.8. The summed E-state index contributed by atoms with van der Waals surface area (Å²) >= 11 is 0.952. The number of aromatic nitrogens is 2. The van der Waals surface area contributed by atoms with Gasteiger partial charge in [-0.3, -0.25) is 19.5 Å². The lowest BCUT2D eigenvalue weighted by Crippen LogP contribution is -2.41. The maximum absolute atomic E-state index is 14.5. The normalized spacial score (nSPS) is 11.0. The van der Waals surface area contributed by atoms with Crippen molar-refractivity contribution in [2.75, 3.05) is 12.3 Å². The van der Waals surface area contributed by atoms with Crippen LogP contribution in [0.5, 0.6) is 0 Å². The van der Waals surface area contributed by atoms with Crippen LogP contribution in [0.3, 0.4) is 0 Å². The lowest BCUT2D eigenvalue weighted by molar-refractivity contribution is -0.117. The van der Waals surface area contributed by atoms with E-state index in [-0.39, 0.29) is 16.6 Å². The summed E-state index contributed by atoms with van der Waals surface area (Å²) in [5.41, 5.74) is 0.0413. The Morgan fingerprint density at radius 1 is 1.13 bits per heavy atom. The average Bonchev–Trinajstić information content (AvgIpc) is 2.73. The van der Waals surface area contributed by atoms with Crippen LogP contribution in [0.1, 0.15) is 20.3 Å². The molecule has 0 fully saturated rings. The molecule has 0 atom stereocenters. The third kappa shape index (κ3) is 5.69. The molecule has 0 aliphatic rings. The zero-order valence-corrected chi connectivity index (χ0v) is 18.0. The van der Waals surface area contributed by atoms with Crippen molar-refractivity contribution in [1.82, 2.24) is 20.2 Å². The zero-order valence-electron chi connectivity index (χ0n) is 17.2. The molecule has 0 saturated carbocycles. The molecule has 1 heterocycles. The van der Waals surface area contributed by atoms with E-state index in [0.29, 0.717) is 23.4 Å². The summed E-state index contributed by atoms with van der Waals surface area (Å²) in [6, 6.07) is 12.0. The summed E-state index contributed by atoms with van der Waals surface area (Å²) in [6.07, 6.45) is 0.798. The average molecular weight is 443 g/mol. The number of nitrogens with zero attached hydrogens (tertiary/aromatic N) is 2. The molecule has 0 unspecified atom stereocenters. The van der Waals surface area contributed by atoms with Gasteiger partial charge in [0.05, 0.1) is 22.3 Å². The molecule has 2 aromatic carbocycles. The molecule has 3 rings (SSSR count). The first-order chi connectivity index (χ1) is 14.9. The largest absolute Gasteiger partial charge is 0.338 e. The Kier molecular flexibility index (Phi) is 7.41. The van der Waals surface area contributed by atoms with Gasteiger partial charge in [0.15, 0.2) is 5.16 Å². The van der Waals surface area contributed by atoms with E-state index >= 15 is 0 Å². The molecule has 3 aromatic rings. The Morgan fingerprint density at radius 2 is 1.84 bits per heavy atom. The Bertz CT molecular complexity index is 1160. The number of rotatable bonds is 7. The SMILES string of the molecule is CC(C)CCNC(=O)NC(=O)CSc1nc2ccccc2c(=O)n1-c1ccccc1F. The van der Waals surface area contributed by atoms with Gasteiger partial charge >= 0.3 is 6.03 Å². The summed E-state index contributed by atoms with van der Waals surface area (Å²) in [6.45, 7) is 4.53. The van der Waals surface area contributed by atoms with Crippen LogP contribution < -0.4 is 16.2 Å². The number of fused-ring (bicyclic) bond motifs is 1. The van der Waals surface area contributed by atoms with Crippen LogP contribution in [0.15, 0.2) is 58.5 Å². The van der Waals surface area contributed by atoms with E-state index in [1.165, 1.54) is 18.2 Å². The molecular weight excluding hydrogens is 419 g/mol. The van der Waals surface area contributed by atoms with Crippen LogP contribution in [-0.2, 0) is 4.79 Å². The van der Waals surface area contributed by atoms with Crippen molar-refractivity contribution in [2.45, 2.75) is 25.4 Å². The molecule has 3 amide bonds. The molecule has 0 aliphatic carbocycles.